The summed E-state index contributed by atoms with van der Waals surface area (Å²) in [5, 5.41) is 0. The zero-order valence-electron chi connectivity index (χ0n) is 23.0. The van der Waals surface area contributed by atoms with Crippen molar-refractivity contribution >= 4 is 16.6 Å². The van der Waals surface area contributed by atoms with Gasteiger partial charge in [-0.1, -0.05) is 32.5 Å². The molecule has 2 fully saturated rings. The summed E-state index contributed by atoms with van der Waals surface area (Å²) in [6, 6.07) is 0.283. The molecule has 37 heavy (non-hydrogen) atoms. The predicted octanol–water partition coefficient (Wildman–Crippen LogP) is 3.51. The summed E-state index contributed by atoms with van der Waals surface area (Å²) in [5.74, 6) is 2.96. The zero-order chi connectivity index (χ0) is 27.5. The van der Waals surface area contributed by atoms with Gasteiger partial charge in [0, 0.05) is 18.3 Å². The van der Waals surface area contributed by atoms with Gasteiger partial charge in [0.15, 0.2) is 6.23 Å². The minimum absolute atomic E-state index is 0.141. The van der Waals surface area contributed by atoms with Gasteiger partial charge in [0.05, 0.1) is 6.61 Å². The third-order valence-electron chi connectivity index (χ3n) is 6.24. The molecule has 10 nitrogen and oxygen atoms in total. The van der Waals surface area contributed by atoms with Gasteiger partial charge in [-0.25, -0.2) is 16.0 Å². The topological polar surface area (TPSA) is 99.4 Å². The molecule has 2 aliphatic heterocycles. The normalized spacial score (nSPS) is 25.9. The van der Waals surface area contributed by atoms with Gasteiger partial charge in [-0.2, -0.15) is 0 Å². The summed E-state index contributed by atoms with van der Waals surface area (Å²) in [6.07, 6.45) is 0.184. The van der Waals surface area contributed by atoms with Gasteiger partial charge >= 0.3 is 5.69 Å². The van der Waals surface area contributed by atoms with E-state index in [1.54, 1.807) is 0 Å². The van der Waals surface area contributed by atoms with Crippen LogP contribution in [-0.4, -0.2) is 71.9 Å². The lowest BCUT2D eigenvalue weighted by molar-refractivity contribution is -0.175. The Balaban J connectivity index is 1.98. The van der Waals surface area contributed by atoms with Gasteiger partial charge in [-0.05, 0) is 34.1 Å². The van der Waals surface area contributed by atoms with Gasteiger partial charge in [-0.15, -0.1) is 5.54 Å². The Hall–Kier alpha value is -1.82. The molecule has 5 atom stereocenters. The number of fused-ring (bicyclic) bond motifs is 2. The maximum atomic E-state index is 12.9. The van der Waals surface area contributed by atoms with Crippen LogP contribution in [0.1, 0.15) is 52.8 Å². The first-order valence-corrected chi connectivity index (χ1v) is 17.4. The number of ether oxygens (including phenoxy) is 2. The molecular formula is C25H39N4O6PSi. The number of rotatable bonds is 10. The largest absolute Gasteiger partial charge is 0.368 e. The minimum Gasteiger partial charge on any atom is -0.368 e. The monoisotopic (exact) mass is 550 g/mol. The third kappa shape index (κ3) is 6.61. The van der Waals surface area contributed by atoms with Crippen molar-refractivity contribution in [3.05, 3.63) is 44.0 Å². The van der Waals surface area contributed by atoms with Crippen LogP contribution in [0, 0.1) is 18.0 Å². The fourth-order valence-electron chi connectivity index (χ4n) is 4.51. The second kappa shape index (κ2) is 11.9. The first kappa shape index (κ1) is 29.7. The quantitative estimate of drug-likeness (QED) is 0.157. The van der Waals surface area contributed by atoms with Gasteiger partial charge in [0.1, 0.15) is 38.1 Å². The van der Waals surface area contributed by atoms with Gasteiger partial charge in [-0.3, -0.25) is 14.3 Å². The summed E-state index contributed by atoms with van der Waals surface area (Å²) in [4.78, 5) is 31.1. The van der Waals surface area contributed by atoms with Gasteiger partial charge < -0.3 is 23.4 Å². The molecule has 204 valence electrons. The van der Waals surface area contributed by atoms with Crippen molar-refractivity contribution < 1.29 is 18.5 Å². The lowest BCUT2D eigenvalue weighted by Gasteiger charge is -2.38. The summed E-state index contributed by atoms with van der Waals surface area (Å²) in [6.45, 7) is 24.5. The van der Waals surface area contributed by atoms with Crippen molar-refractivity contribution in [3.63, 3.8) is 0 Å². The van der Waals surface area contributed by atoms with Crippen molar-refractivity contribution in [2.45, 2.75) is 96.8 Å². The van der Waals surface area contributed by atoms with E-state index < -0.39 is 51.9 Å². The number of hydrogen-bond donors (Lipinski definition) is 1. The van der Waals surface area contributed by atoms with E-state index in [0.29, 0.717) is 13.0 Å². The Morgan fingerprint density at radius 3 is 2.57 bits per heavy atom. The Morgan fingerprint density at radius 1 is 1.32 bits per heavy atom. The molecule has 1 aromatic rings. The van der Waals surface area contributed by atoms with Crippen LogP contribution in [0.25, 0.3) is 4.85 Å². The highest BCUT2D eigenvalue weighted by atomic mass is 31.2. The molecule has 2 saturated heterocycles. The SMILES string of the molecule is [C-]#[N+]CCOP(OC1[C@@H]2OC[C@]1(CC)O[C@H]2n1cc(C#C[Si](C)(C)C)c(=O)[nH]c1=O)N(C(C)C)C(C)C. The summed E-state index contributed by atoms with van der Waals surface area (Å²) < 4.78 is 28.9. The lowest BCUT2D eigenvalue weighted by atomic mass is 9.96. The number of aromatic nitrogens is 2. The molecule has 3 heterocycles. The van der Waals surface area contributed by atoms with Crippen molar-refractivity contribution in [2.75, 3.05) is 19.8 Å². The fourth-order valence-corrected chi connectivity index (χ4v) is 6.82. The molecule has 3 rings (SSSR count). The van der Waals surface area contributed by atoms with Crippen molar-refractivity contribution in [1.82, 2.24) is 14.2 Å². The molecule has 0 aliphatic carbocycles. The highest BCUT2D eigenvalue weighted by Crippen LogP contribution is 2.55. The summed E-state index contributed by atoms with van der Waals surface area (Å²) >= 11 is 0. The second-order valence-electron chi connectivity index (χ2n) is 11.0. The van der Waals surface area contributed by atoms with Crippen molar-refractivity contribution in [3.8, 4) is 11.5 Å². The number of nitrogens with zero attached hydrogens (tertiary/aromatic N) is 3. The van der Waals surface area contributed by atoms with E-state index >= 15 is 0 Å². The first-order chi connectivity index (χ1) is 17.3. The molecule has 0 saturated carbocycles. The zero-order valence-corrected chi connectivity index (χ0v) is 24.9. The highest BCUT2D eigenvalue weighted by Gasteiger charge is 2.63. The van der Waals surface area contributed by atoms with Crippen LogP contribution in [0.4, 0.5) is 0 Å². The van der Waals surface area contributed by atoms with E-state index in [4.69, 9.17) is 25.1 Å². The molecule has 2 unspecified atom stereocenters. The van der Waals surface area contributed by atoms with Gasteiger partial charge in [0.25, 0.3) is 14.1 Å². The number of nitrogens with one attached hydrogen (secondary N) is 1. The smallest absolute Gasteiger partial charge is 0.330 e. The first-order valence-electron chi connectivity index (χ1n) is 12.7. The van der Waals surface area contributed by atoms with E-state index in [1.165, 1.54) is 10.8 Å². The molecule has 2 bridgehead atoms. The van der Waals surface area contributed by atoms with E-state index in [0.717, 1.165) is 0 Å². The molecule has 12 heteroatoms. The molecule has 1 aromatic heterocycles. The van der Waals surface area contributed by atoms with Crippen LogP contribution in [0.3, 0.4) is 0 Å². The molecule has 2 aliphatic rings. The minimum atomic E-state index is -1.74. The van der Waals surface area contributed by atoms with Crippen LogP contribution < -0.4 is 11.2 Å². The van der Waals surface area contributed by atoms with E-state index in [9.17, 15) is 9.59 Å². The molecule has 1 N–H and O–H groups in total. The average Bonchev–Trinajstić information content (AvgIpc) is 3.29. The van der Waals surface area contributed by atoms with E-state index in [2.05, 4.69) is 73.3 Å². The second-order valence-corrected chi connectivity index (χ2v) is 17.1. The van der Waals surface area contributed by atoms with Crippen molar-refractivity contribution in [1.29, 1.82) is 0 Å². The molecule has 0 radical (unpaired) electrons. The lowest BCUT2D eigenvalue weighted by Crippen LogP contribution is -2.43. The summed E-state index contributed by atoms with van der Waals surface area (Å²) in [5.41, 5.74) is 1.51. The predicted molar refractivity (Wildman–Crippen MR) is 146 cm³/mol. The molecule has 0 aromatic carbocycles. The number of aromatic amines is 1. The van der Waals surface area contributed by atoms with Crippen LogP contribution in [-0.2, 0) is 18.5 Å². The van der Waals surface area contributed by atoms with Crippen molar-refractivity contribution in [2.24, 2.45) is 0 Å². The van der Waals surface area contributed by atoms with E-state index in [1.807, 2.05) is 6.92 Å². The summed E-state index contributed by atoms with van der Waals surface area (Å²) in [7, 11) is -3.28. The van der Waals surface area contributed by atoms with Crippen LogP contribution in [0.15, 0.2) is 15.8 Å². The third-order valence-corrected chi connectivity index (χ3v) is 9.23. The molecular weight excluding hydrogens is 511 g/mol. The standard InChI is InChI=1S/C25H39N4O6PSi/c1-10-25-16-32-20(21(25)35-36(33-13-12-26-6)29(17(2)3)18(4)5)23(34-25)28-15-19(11-14-37(7,8)9)22(30)27-24(28)31/h15,17-18,20-21,23H,10,12-13,16H2,1-5,7-9H3,(H,27,30,31)/t20-,21?,23+,25-,36?/m0/s1. The van der Waals surface area contributed by atoms with Crippen LogP contribution >= 0.6 is 8.53 Å². The molecule has 0 amide bonds. The Bertz CT molecular complexity index is 1170. The van der Waals surface area contributed by atoms with Crippen LogP contribution in [0.2, 0.25) is 19.6 Å². The van der Waals surface area contributed by atoms with E-state index in [-0.39, 0.29) is 30.8 Å². The maximum absolute atomic E-state index is 12.9. The van der Waals surface area contributed by atoms with Crippen LogP contribution in [0.5, 0.6) is 0 Å². The molecule has 0 spiro atoms. The average molecular weight is 551 g/mol. The highest BCUT2D eigenvalue weighted by molar-refractivity contribution is 7.44. The Kier molecular flexibility index (Phi) is 9.58. The number of H-pyrrole nitrogens is 1. The maximum Gasteiger partial charge on any atom is 0.330 e. The Morgan fingerprint density at radius 2 is 2.00 bits per heavy atom. The fraction of sp³-hybridized carbons (Fsp3) is 0.720. The number of hydrogen-bond acceptors (Lipinski definition) is 7. The Labute approximate surface area is 221 Å². The van der Waals surface area contributed by atoms with Gasteiger partial charge in [0.2, 0.25) is 6.54 Å².